The maximum atomic E-state index is 12.9. The number of aliphatic hydroxyl groups excluding tert-OH is 1. The number of carbonyl (C=O) groups excluding carboxylic acids is 3. The first-order chi connectivity index (χ1) is 36.2. The number of ether oxygens (including phenoxy) is 3. The molecule has 0 aromatic carbocycles. The van der Waals surface area contributed by atoms with Gasteiger partial charge in [-0.2, -0.15) is 0 Å². The van der Waals surface area contributed by atoms with Crippen LogP contribution in [0.4, 0.5) is 0 Å². The first-order valence-electron chi connectivity index (χ1n) is 29.1. The number of rotatable bonds is 53. The normalized spacial score (nSPS) is 14.1. The average molecular weight is 1060 g/mol. The van der Waals surface area contributed by atoms with Crippen molar-refractivity contribution in [3.8, 4) is 0 Å². The van der Waals surface area contributed by atoms with Gasteiger partial charge in [0.1, 0.15) is 12.7 Å². The summed E-state index contributed by atoms with van der Waals surface area (Å²) in [5.41, 5.74) is 0. The average Bonchev–Trinajstić information content (AvgIpc) is 3.39. The fourth-order valence-electron chi connectivity index (χ4n) is 7.60. The van der Waals surface area contributed by atoms with Crippen LogP contribution in [-0.4, -0.2) is 66.5 Å². The smallest absolute Gasteiger partial charge is 0.462 e. The van der Waals surface area contributed by atoms with Gasteiger partial charge in [0.05, 0.1) is 19.8 Å². The van der Waals surface area contributed by atoms with E-state index in [1.165, 1.54) is 70.6 Å². The number of esters is 3. The number of phosphoric acid groups is 1. The van der Waals surface area contributed by atoms with E-state index in [-0.39, 0.29) is 25.9 Å². The summed E-state index contributed by atoms with van der Waals surface area (Å²) in [6.45, 7) is 4.37. The van der Waals surface area contributed by atoms with Gasteiger partial charge in [0.15, 0.2) is 6.10 Å². The summed E-state index contributed by atoms with van der Waals surface area (Å²) >= 11 is 0. The van der Waals surface area contributed by atoms with Gasteiger partial charge in [-0.1, -0.05) is 234 Å². The maximum absolute atomic E-state index is 12.9. The van der Waals surface area contributed by atoms with Gasteiger partial charge in [-0.3, -0.25) is 23.4 Å². The van der Waals surface area contributed by atoms with E-state index in [9.17, 15) is 28.9 Å². The molecule has 424 valence electrons. The van der Waals surface area contributed by atoms with Crippen LogP contribution in [0.1, 0.15) is 239 Å². The van der Waals surface area contributed by atoms with E-state index in [1.54, 1.807) is 0 Å². The fourth-order valence-corrected chi connectivity index (χ4v) is 8.38. The van der Waals surface area contributed by atoms with E-state index in [0.29, 0.717) is 19.3 Å². The Bertz CT molecular complexity index is 1610. The van der Waals surface area contributed by atoms with Crippen LogP contribution in [0.15, 0.2) is 97.2 Å². The lowest BCUT2D eigenvalue weighted by Gasteiger charge is -2.21. The Morgan fingerprint density at radius 3 is 1.19 bits per heavy atom. The van der Waals surface area contributed by atoms with Gasteiger partial charge >= 0.3 is 25.7 Å². The van der Waals surface area contributed by atoms with E-state index >= 15 is 0 Å². The lowest BCUT2D eigenvalue weighted by molar-refractivity contribution is -0.161. The van der Waals surface area contributed by atoms with Crippen molar-refractivity contribution in [3.05, 3.63) is 97.2 Å². The maximum Gasteiger partial charge on any atom is 0.472 e. The molecular formula is C62H105O11P. The monoisotopic (exact) mass is 1060 g/mol. The minimum Gasteiger partial charge on any atom is -0.462 e. The van der Waals surface area contributed by atoms with Crippen molar-refractivity contribution in [2.45, 2.75) is 251 Å². The molecule has 0 aliphatic carbocycles. The molecule has 3 unspecified atom stereocenters. The molecule has 11 nitrogen and oxygen atoms in total. The summed E-state index contributed by atoms with van der Waals surface area (Å²) in [5.74, 6) is -1.58. The predicted octanol–water partition coefficient (Wildman–Crippen LogP) is 17.3. The summed E-state index contributed by atoms with van der Waals surface area (Å²) in [6.07, 6.45) is 65.2. The van der Waals surface area contributed by atoms with Gasteiger partial charge in [0.25, 0.3) is 0 Å². The SMILES string of the molecule is CC/C=C\C/C=C\C/C=C\C/C=C\C/C=C\C/C=C\CCC(=O)OCC(COP(=O)(O)OCC(CO)OC(=O)CCCCCCC/C=C\C/C=C\CCC)OC(=O)CCCCCCCCCCCCCCCCC. The van der Waals surface area contributed by atoms with Crippen molar-refractivity contribution in [2.75, 3.05) is 26.4 Å². The van der Waals surface area contributed by atoms with Crippen molar-refractivity contribution in [1.29, 1.82) is 0 Å². The number of hydrogen-bond donors (Lipinski definition) is 2. The summed E-state index contributed by atoms with van der Waals surface area (Å²) in [7, 11) is -4.77. The molecule has 0 aromatic rings. The highest BCUT2D eigenvalue weighted by molar-refractivity contribution is 7.47. The molecule has 0 aliphatic rings. The Morgan fingerprint density at radius 2 is 0.757 bits per heavy atom. The molecule has 0 bridgehead atoms. The second-order valence-corrected chi connectivity index (χ2v) is 20.5. The van der Waals surface area contributed by atoms with E-state index in [2.05, 4.69) is 106 Å². The Morgan fingerprint density at radius 1 is 0.392 bits per heavy atom. The minimum atomic E-state index is -4.77. The van der Waals surface area contributed by atoms with Gasteiger partial charge in [-0.25, -0.2) is 4.57 Å². The highest BCUT2D eigenvalue weighted by atomic mass is 31.2. The minimum absolute atomic E-state index is 0.0984. The third-order valence-electron chi connectivity index (χ3n) is 12.0. The molecule has 0 aromatic heterocycles. The zero-order chi connectivity index (χ0) is 54.1. The van der Waals surface area contributed by atoms with Crippen LogP contribution in [0.2, 0.25) is 0 Å². The molecule has 3 atom stereocenters. The van der Waals surface area contributed by atoms with Crippen molar-refractivity contribution in [1.82, 2.24) is 0 Å². The van der Waals surface area contributed by atoms with Gasteiger partial charge in [0.2, 0.25) is 0 Å². The quantitative estimate of drug-likeness (QED) is 0.0197. The highest BCUT2D eigenvalue weighted by Gasteiger charge is 2.28. The number of aliphatic hydroxyl groups is 1. The van der Waals surface area contributed by atoms with Crippen LogP contribution in [0, 0.1) is 0 Å². The summed E-state index contributed by atoms with van der Waals surface area (Å²) in [5, 5.41) is 9.80. The molecule has 12 heteroatoms. The van der Waals surface area contributed by atoms with Crippen LogP contribution in [-0.2, 0) is 42.2 Å². The molecule has 0 saturated carbocycles. The van der Waals surface area contributed by atoms with Crippen molar-refractivity contribution >= 4 is 25.7 Å². The molecule has 0 amide bonds. The predicted molar refractivity (Wildman–Crippen MR) is 307 cm³/mol. The standard InChI is InChI=1S/C62H105O11P/c1-4-7-10-13-16-19-22-25-27-28-29-30-32-34-36-39-42-45-48-51-60(64)69-55-59(73-62(66)53-50-47-44-41-38-35-31-26-23-20-17-14-11-8-5-2)57-71-74(67,68)70-56-58(54-63)72-61(65)52-49-46-43-40-37-33-24-21-18-15-12-9-6-3/h7,10,12,15-16,19,21,24-25,27,29-30,34,36,42,45,58-59,63H,4-6,8-9,11,13-14,17-18,20,22-23,26,28,31-33,35,37-41,43-44,46-57H2,1-3H3,(H,67,68)/b10-7-,15-12-,19-16-,24-21-,27-25-,30-29-,36-34-,45-42-. The van der Waals surface area contributed by atoms with Crippen molar-refractivity contribution < 1.29 is 52.2 Å². The Labute approximate surface area is 451 Å². The second kappa shape index (κ2) is 55.6. The molecule has 0 rings (SSSR count). The third-order valence-corrected chi connectivity index (χ3v) is 12.9. The Hall–Kier alpha value is -3.60. The Balaban J connectivity index is 4.83. The second-order valence-electron chi connectivity index (χ2n) is 19.1. The highest BCUT2D eigenvalue weighted by Crippen LogP contribution is 2.43. The van der Waals surface area contributed by atoms with E-state index < -0.39 is 57.8 Å². The van der Waals surface area contributed by atoms with Crippen molar-refractivity contribution in [3.63, 3.8) is 0 Å². The fraction of sp³-hybridized carbons (Fsp3) is 0.694. The molecule has 74 heavy (non-hydrogen) atoms. The zero-order valence-electron chi connectivity index (χ0n) is 46.8. The molecule has 2 N–H and O–H groups in total. The zero-order valence-corrected chi connectivity index (χ0v) is 47.7. The van der Waals surface area contributed by atoms with Crippen LogP contribution in [0.3, 0.4) is 0 Å². The molecule has 0 spiro atoms. The molecule has 0 aliphatic heterocycles. The largest absolute Gasteiger partial charge is 0.472 e. The van der Waals surface area contributed by atoms with Crippen LogP contribution < -0.4 is 0 Å². The third kappa shape index (κ3) is 53.2. The van der Waals surface area contributed by atoms with Crippen LogP contribution >= 0.6 is 7.82 Å². The van der Waals surface area contributed by atoms with Gasteiger partial charge < -0.3 is 24.2 Å². The lowest BCUT2D eigenvalue weighted by atomic mass is 10.0. The van der Waals surface area contributed by atoms with Gasteiger partial charge in [-0.15, -0.1) is 0 Å². The van der Waals surface area contributed by atoms with Gasteiger partial charge in [0, 0.05) is 19.3 Å². The lowest BCUT2D eigenvalue weighted by Crippen LogP contribution is -2.30. The van der Waals surface area contributed by atoms with E-state index in [0.717, 1.165) is 109 Å². The number of unbranched alkanes of at least 4 members (excludes halogenated alkanes) is 20. The number of phosphoric ester groups is 1. The molecule has 0 heterocycles. The summed E-state index contributed by atoms with van der Waals surface area (Å²) in [6, 6.07) is 0. The number of carbonyl (C=O) groups is 3. The molecular weight excluding hydrogens is 952 g/mol. The number of hydrogen-bond acceptors (Lipinski definition) is 10. The van der Waals surface area contributed by atoms with Crippen molar-refractivity contribution in [2.24, 2.45) is 0 Å². The molecule has 0 saturated heterocycles. The van der Waals surface area contributed by atoms with E-state index in [1.807, 2.05) is 12.2 Å². The topological polar surface area (TPSA) is 155 Å². The van der Waals surface area contributed by atoms with Crippen LogP contribution in [0.5, 0.6) is 0 Å². The van der Waals surface area contributed by atoms with Crippen LogP contribution in [0.25, 0.3) is 0 Å². The number of allylic oxidation sites excluding steroid dienone is 16. The molecule has 0 fully saturated rings. The first kappa shape index (κ1) is 70.4. The van der Waals surface area contributed by atoms with E-state index in [4.69, 9.17) is 23.3 Å². The Kier molecular flexibility index (Phi) is 52.9. The first-order valence-corrected chi connectivity index (χ1v) is 30.6. The summed E-state index contributed by atoms with van der Waals surface area (Å²) in [4.78, 5) is 48.5. The molecule has 0 radical (unpaired) electrons. The van der Waals surface area contributed by atoms with Gasteiger partial charge in [-0.05, 0) is 83.5 Å². The summed E-state index contributed by atoms with van der Waals surface area (Å²) < 4.78 is 39.4.